The van der Waals surface area contributed by atoms with Gasteiger partial charge in [-0.25, -0.2) is 0 Å². The van der Waals surface area contributed by atoms with Gasteiger partial charge in [0.2, 0.25) is 0 Å². The number of nitrogens with zero attached hydrogens (tertiary/aromatic N) is 1. The molecule has 0 aliphatic carbocycles. The van der Waals surface area contributed by atoms with Crippen LogP contribution in [-0.2, 0) is 17.5 Å². The van der Waals surface area contributed by atoms with Crippen molar-refractivity contribution in [3.63, 3.8) is 0 Å². The number of hydrogen-bond acceptors (Lipinski definition) is 3. The number of halogens is 3. The van der Waals surface area contributed by atoms with Crippen molar-refractivity contribution in [1.29, 1.82) is 0 Å². The van der Waals surface area contributed by atoms with Crippen molar-refractivity contribution in [3.8, 4) is 0 Å². The molecule has 112 valence electrons. The molecule has 1 aromatic rings. The monoisotopic (exact) mass is 288 g/mol. The van der Waals surface area contributed by atoms with Gasteiger partial charge in [0.25, 0.3) is 0 Å². The van der Waals surface area contributed by atoms with Crippen LogP contribution < -0.4 is 5.32 Å². The van der Waals surface area contributed by atoms with Crippen LogP contribution in [0, 0.1) is 0 Å². The molecule has 1 heterocycles. The second-order valence-electron chi connectivity index (χ2n) is 5.04. The molecule has 0 radical (unpaired) electrons. The molecule has 0 unspecified atom stereocenters. The van der Waals surface area contributed by atoms with E-state index in [1.54, 1.807) is 6.07 Å². The van der Waals surface area contributed by atoms with E-state index in [9.17, 15) is 13.2 Å². The molecule has 0 aromatic heterocycles. The molecule has 0 spiro atoms. The van der Waals surface area contributed by atoms with Crippen LogP contribution in [0.1, 0.15) is 11.1 Å². The summed E-state index contributed by atoms with van der Waals surface area (Å²) in [5.74, 6) is 0. The predicted octanol–water partition coefficient (Wildman–Crippen LogP) is 2.13. The first-order valence-electron chi connectivity index (χ1n) is 6.63. The summed E-state index contributed by atoms with van der Waals surface area (Å²) < 4.78 is 44.0. The highest BCUT2D eigenvalue weighted by atomic mass is 19.4. The highest BCUT2D eigenvalue weighted by Gasteiger charge is 2.32. The van der Waals surface area contributed by atoms with E-state index in [4.69, 9.17) is 4.74 Å². The third kappa shape index (κ3) is 4.19. The Hall–Kier alpha value is -1.11. The van der Waals surface area contributed by atoms with Crippen LogP contribution in [0.25, 0.3) is 0 Å². The van der Waals surface area contributed by atoms with Gasteiger partial charge in [0, 0.05) is 26.2 Å². The van der Waals surface area contributed by atoms with Gasteiger partial charge in [0.15, 0.2) is 0 Å². The van der Waals surface area contributed by atoms with Crippen molar-refractivity contribution >= 4 is 0 Å². The fourth-order valence-electron chi connectivity index (χ4n) is 2.31. The van der Waals surface area contributed by atoms with Crippen molar-refractivity contribution in [2.24, 2.45) is 0 Å². The van der Waals surface area contributed by atoms with E-state index < -0.39 is 11.7 Å². The standard InChI is InChI=1S/C14H19F3N2O/c1-19-6-7-20-12(10-19)9-18-8-11-4-2-3-5-13(11)14(15,16)17/h2-5,12,18H,6-10H2,1H3/t12-/m1/s1. The molecule has 1 N–H and O–H groups in total. The first kappa shape index (κ1) is 15.3. The van der Waals surface area contributed by atoms with Crippen LogP contribution in [0.2, 0.25) is 0 Å². The van der Waals surface area contributed by atoms with E-state index in [0.29, 0.717) is 13.2 Å². The molecule has 2 rings (SSSR count). The maximum atomic E-state index is 12.8. The Morgan fingerprint density at radius 3 is 2.80 bits per heavy atom. The smallest absolute Gasteiger partial charge is 0.374 e. The Bertz CT molecular complexity index is 437. The SMILES string of the molecule is CN1CCO[C@H](CNCc2ccccc2C(F)(F)F)C1. The summed E-state index contributed by atoms with van der Waals surface area (Å²) in [7, 11) is 2.01. The zero-order valence-corrected chi connectivity index (χ0v) is 11.4. The maximum absolute atomic E-state index is 12.8. The maximum Gasteiger partial charge on any atom is 0.416 e. The molecule has 0 bridgehead atoms. The lowest BCUT2D eigenvalue weighted by Crippen LogP contribution is -2.44. The Labute approximate surface area is 116 Å². The largest absolute Gasteiger partial charge is 0.416 e. The molecule has 0 amide bonds. The van der Waals surface area contributed by atoms with E-state index in [2.05, 4.69) is 10.2 Å². The zero-order valence-electron chi connectivity index (χ0n) is 11.4. The number of hydrogen-bond donors (Lipinski definition) is 1. The van der Waals surface area contributed by atoms with Crippen molar-refractivity contribution in [1.82, 2.24) is 10.2 Å². The molecular weight excluding hydrogens is 269 g/mol. The van der Waals surface area contributed by atoms with E-state index in [0.717, 1.165) is 19.2 Å². The average Bonchev–Trinajstić information content (AvgIpc) is 2.38. The molecule has 0 saturated carbocycles. The zero-order chi connectivity index (χ0) is 14.6. The summed E-state index contributed by atoms with van der Waals surface area (Å²) in [4.78, 5) is 2.15. The average molecular weight is 288 g/mol. The Kier molecular flexibility index (Phi) is 5.01. The Balaban J connectivity index is 1.88. The van der Waals surface area contributed by atoms with Gasteiger partial charge in [-0.3, -0.25) is 0 Å². The summed E-state index contributed by atoms with van der Waals surface area (Å²) in [5, 5.41) is 3.05. The topological polar surface area (TPSA) is 24.5 Å². The van der Waals surface area contributed by atoms with Gasteiger partial charge < -0.3 is 15.0 Å². The minimum atomic E-state index is -4.31. The molecule has 1 aromatic carbocycles. The fraction of sp³-hybridized carbons (Fsp3) is 0.571. The molecule has 6 heteroatoms. The lowest BCUT2D eigenvalue weighted by Gasteiger charge is -2.30. The molecular formula is C14H19F3N2O. The highest BCUT2D eigenvalue weighted by Crippen LogP contribution is 2.31. The molecule has 1 fully saturated rings. The Morgan fingerprint density at radius 1 is 1.35 bits per heavy atom. The molecule has 1 aliphatic rings. The van der Waals surface area contributed by atoms with Gasteiger partial charge in [-0.05, 0) is 18.7 Å². The minimum Gasteiger partial charge on any atom is -0.374 e. The van der Waals surface area contributed by atoms with Crippen LogP contribution in [0.4, 0.5) is 13.2 Å². The molecule has 1 saturated heterocycles. The fourth-order valence-corrected chi connectivity index (χ4v) is 2.31. The van der Waals surface area contributed by atoms with E-state index >= 15 is 0 Å². The summed E-state index contributed by atoms with van der Waals surface area (Å²) >= 11 is 0. The number of morpholine rings is 1. The molecule has 3 nitrogen and oxygen atoms in total. The first-order chi connectivity index (χ1) is 9.47. The van der Waals surface area contributed by atoms with Gasteiger partial charge in [0.05, 0.1) is 18.3 Å². The third-order valence-corrected chi connectivity index (χ3v) is 3.35. The second-order valence-corrected chi connectivity index (χ2v) is 5.04. The quantitative estimate of drug-likeness (QED) is 0.918. The van der Waals surface area contributed by atoms with Crippen LogP contribution >= 0.6 is 0 Å². The first-order valence-corrected chi connectivity index (χ1v) is 6.63. The lowest BCUT2D eigenvalue weighted by atomic mass is 10.1. The van der Waals surface area contributed by atoms with Gasteiger partial charge in [-0.15, -0.1) is 0 Å². The molecule has 1 atom stereocenters. The van der Waals surface area contributed by atoms with E-state index in [-0.39, 0.29) is 18.2 Å². The normalized spacial score (nSPS) is 21.1. The summed E-state index contributed by atoms with van der Waals surface area (Å²) in [6, 6.07) is 5.65. The van der Waals surface area contributed by atoms with E-state index in [1.807, 2.05) is 7.05 Å². The molecule has 20 heavy (non-hydrogen) atoms. The van der Waals surface area contributed by atoms with Gasteiger partial charge >= 0.3 is 6.18 Å². The summed E-state index contributed by atoms with van der Waals surface area (Å²) in [5.41, 5.74) is -0.307. The lowest BCUT2D eigenvalue weighted by molar-refractivity contribution is -0.138. The van der Waals surface area contributed by atoms with Crippen LogP contribution in [0.3, 0.4) is 0 Å². The molecule has 1 aliphatic heterocycles. The Morgan fingerprint density at radius 2 is 2.10 bits per heavy atom. The summed E-state index contributed by atoms with van der Waals surface area (Å²) in [6.45, 7) is 3.11. The highest BCUT2D eigenvalue weighted by molar-refractivity contribution is 5.29. The van der Waals surface area contributed by atoms with Crippen molar-refractivity contribution in [2.45, 2.75) is 18.8 Å². The number of rotatable bonds is 4. The predicted molar refractivity (Wildman–Crippen MR) is 70.4 cm³/mol. The van der Waals surface area contributed by atoms with Crippen molar-refractivity contribution in [2.75, 3.05) is 33.3 Å². The number of likely N-dealkylation sites (N-methyl/N-ethyl adjacent to an activating group) is 1. The number of benzene rings is 1. The van der Waals surface area contributed by atoms with E-state index in [1.165, 1.54) is 12.1 Å². The number of alkyl halides is 3. The second kappa shape index (κ2) is 6.56. The third-order valence-electron chi connectivity index (χ3n) is 3.35. The van der Waals surface area contributed by atoms with Crippen molar-refractivity contribution < 1.29 is 17.9 Å². The van der Waals surface area contributed by atoms with Crippen LogP contribution in [-0.4, -0.2) is 44.3 Å². The van der Waals surface area contributed by atoms with Crippen LogP contribution in [0.15, 0.2) is 24.3 Å². The van der Waals surface area contributed by atoms with Gasteiger partial charge in [-0.1, -0.05) is 18.2 Å². The number of nitrogens with one attached hydrogen (secondary N) is 1. The summed E-state index contributed by atoms with van der Waals surface area (Å²) in [6.07, 6.45) is -4.27. The van der Waals surface area contributed by atoms with Gasteiger partial charge in [-0.2, -0.15) is 13.2 Å². The minimum absolute atomic E-state index is 0.0341. The van der Waals surface area contributed by atoms with Crippen LogP contribution in [0.5, 0.6) is 0 Å². The van der Waals surface area contributed by atoms with Gasteiger partial charge in [0.1, 0.15) is 0 Å². The van der Waals surface area contributed by atoms with Crippen molar-refractivity contribution in [3.05, 3.63) is 35.4 Å². The number of ether oxygens (including phenoxy) is 1.